The zero-order valence-electron chi connectivity index (χ0n) is 11.6. The zero-order chi connectivity index (χ0) is 15.6. The lowest BCUT2D eigenvalue weighted by Crippen LogP contribution is -2.48. The van der Waals surface area contributed by atoms with Crippen molar-refractivity contribution >= 4 is 28.5 Å². The van der Waals surface area contributed by atoms with Gasteiger partial charge in [-0.1, -0.05) is 6.92 Å². The highest BCUT2D eigenvalue weighted by Gasteiger charge is 2.32. The van der Waals surface area contributed by atoms with Gasteiger partial charge in [0.15, 0.2) is 0 Å². The van der Waals surface area contributed by atoms with Crippen molar-refractivity contribution in [2.45, 2.75) is 13.1 Å². The van der Waals surface area contributed by atoms with Gasteiger partial charge in [0, 0.05) is 35.3 Å². The Bertz CT molecular complexity index is 525. The largest absolute Gasteiger partial charge is 0.416 e. The van der Waals surface area contributed by atoms with E-state index in [2.05, 4.69) is 4.90 Å². The second-order valence-electron chi connectivity index (χ2n) is 4.95. The van der Waals surface area contributed by atoms with Gasteiger partial charge in [0.1, 0.15) is 0 Å². The summed E-state index contributed by atoms with van der Waals surface area (Å²) in [5.74, 6) is -0.324. The molecule has 0 N–H and O–H groups in total. The van der Waals surface area contributed by atoms with Gasteiger partial charge >= 0.3 is 6.18 Å². The standard InChI is InChI=1S/C14H16F3IN2O/c1-2-19-3-5-20(6-4-19)13(21)10-7-11(14(15,16)17)9-12(18)8-10/h7-9H,2-6H2,1H3. The van der Waals surface area contributed by atoms with E-state index in [4.69, 9.17) is 0 Å². The van der Waals surface area contributed by atoms with Gasteiger partial charge in [0.2, 0.25) is 0 Å². The Balaban J connectivity index is 2.18. The lowest BCUT2D eigenvalue weighted by molar-refractivity contribution is -0.137. The fraction of sp³-hybridized carbons (Fsp3) is 0.500. The van der Waals surface area contributed by atoms with Crippen molar-refractivity contribution in [3.05, 3.63) is 32.9 Å². The minimum absolute atomic E-state index is 0.110. The van der Waals surface area contributed by atoms with Crippen LogP contribution < -0.4 is 0 Å². The van der Waals surface area contributed by atoms with Gasteiger partial charge < -0.3 is 9.80 Å². The predicted octanol–water partition coefficient (Wildman–Crippen LogP) is 3.09. The molecule has 1 saturated heterocycles. The van der Waals surface area contributed by atoms with E-state index < -0.39 is 11.7 Å². The maximum atomic E-state index is 12.8. The Morgan fingerprint density at radius 1 is 1.19 bits per heavy atom. The Morgan fingerprint density at radius 2 is 1.81 bits per heavy atom. The van der Waals surface area contributed by atoms with Gasteiger partial charge in [0.05, 0.1) is 5.56 Å². The molecule has 116 valence electrons. The van der Waals surface area contributed by atoms with Crippen LogP contribution in [0.25, 0.3) is 0 Å². The average Bonchev–Trinajstić information content (AvgIpc) is 2.45. The number of halogens is 4. The van der Waals surface area contributed by atoms with E-state index in [1.54, 1.807) is 27.5 Å². The molecule has 2 rings (SSSR count). The molecule has 1 heterocycles. The highest BCUT2D eigenvalue weighted by Crippen LogP contribution is 2.31. The summed E-state index contributed by atoms with van der Waals surface area (Å²) in [6.45, 7) is 5.60. The normalized spacial score (nSPS) is 17.1. The van der Waals surface area contributed by atoms with Gasteiger partial charge in [-0.05, 0) is 47.3 Å². The number of hydrogen-bond donors (Lipinski definition) is 0. The SMILES string of the molecule is CCN1CCN(C(=O)c2cc(I)cc(C(F)(F)F)c2)CC1. The number of piperazine rings is 1. The molecule has 0 aliphatic carbocycles. The van der Waals surface area contributed by atoms with Crippen LogP contribution in [0.15, 0.2) is 18.2 Å². The number of rotatable bonds is 2. The van der Waals surface area contributed by atoms with Crippen molar-refractivity contribution < 1.29 is 18.0 Å². The molecule has 0 spiro atoms. The fourth-order valence-electron chi connectivity index (χ4n) is 2.33. The number of carbonyl (C=O) groups excluding carboxylic acids is 1. The van der Waals surface area contributed by atoms with Crippen molar-refractivity contribution in [3.8, 4) is 0 Å². The van der Waals surface area contributed by atoms with Gasteiger partial charge in [-0.2, -0.15) is 13.2 Å². The first kappa shape index (κ1) is 16.5. The Hall–Kier alpha value is -0.830. The van der Waals surface area contributed by atoms with E-state index >= 15 is 0 Å². The van der Waals surface area contributed by atoms with E-state index in [1.165, 1.54) is 6.07 Å². The molecule has 1 aromatic carbocycles. The smallest absolute Gasteiger partial charge is 0.336 e. The van der Waals surface area contributed by atoms with Gasteiger partial charge in [-0.3, -0.25) is 4.79 Å². The first-order chi connectivity index (χ1) is 9.81. The van der Waals surface area contributed by atoms with Crippen LogP contribution >= 0.6 is 22.6 Å². The van der Waals surface area contributed by atoms with Crippen molar-refractivity contribution in [1.82, 2.24) is 9.80 Å². The molecule has 1 aliphatic rings. The van der Waals surface area contributed by atoms with Crippen LogP contribution in [0.3, 0.4) is 0 Å². The summed E-state index contributed by atoms with van der Waals surface area (Å²) in [5, 5.41) is 0. The molecule has 21 heavy (non-hydrogen) atoms. The molecule has 1 aromatic rings. The number of hydrogen-bond acceptors (Lipinski definition) is 2. The Morgan fingerprint density at radius 3 is 2.33 bits per heavy atom. The molecule has 0 unspecified atom stereocenters. The van der Waals surface area contributed by atoms with E-state index in [-0.39, 0.29) is 11.5 Å². The van der Waals surface area contributed by atoms with Crippen molar-refractivity contribution in [2.75, 3.05) is 32.7 Å². The summed E-state index contributed by atoms with van der Waals surface area (Å²) in [4.78, 5) is 16.2. The number of alkyl halides is 3. The third-order valence-corrected chi connectivity index (χ3v) is 4.20. The van der Waals surface area contributed by atoms with Crippen LogP contribution in [-0.4, -0.2) is 48.4 Å². The lowest BCUT2D eigenvalue weighted by atomic mass is 10.1. The molecule has 0 radical (unpaired) electrons. The predicted molar refractivity (Wildman–Crippen MR) is 82.2 cm³/mol. The number of benzene rings is 1. The minimum Gasteiger partial charge on any atom is -0.336 e. The van der Waals surface area contributed by atoms with Crippen LogP contribution in [0.1, 0.15) is 22.8 Å². The van der Waals surface area contributed by atoms with Gasteiger partial charge in [-0.25, -0.2) is 0 Å². The average molecular weight is 412 g/mol. The van der Waals surface area contributed by atoms with Gasteiger partial charge in [-0.15, -0.1) is 0 Å². The number of carbonyl (C=O) groups is 1. The molecule has 0 atom stereocenters. The summed E-state index contributed by atoms with van der Waals surface area (Å²) in [6, 6.07) is 3.49. The first-order valence-electron chi connectivity index (χ1n) is 6.70. The van der Waals surface area contributed by atoms with Gasteiger partial charge in [0.25, 0.3) is 5.91 Å². The second-order valence-corrected chi connectivity index (χ2v) is 6.20. The second kappa shape index (κ2) is 6.51. The van der Waals surface area contributed by atoms with E-state index in [1.807, 2.05) is 6.92 Å². The van der Waals surface area contributed by atoms with Crippen molar-refractivity contribution in [2.24, 2.45) is 0 Å². The maximum absolute atomic E-state index is 12.8. The quantitative estimate of drug-likeness (QED) is 0.698. The molecule has 0 bridgehead atoms. The molecular weight excluding hydrogens is 396 g/mol. The topological polar surface area (TPSA) is 23.6 Å². The minimum atomic E-state index is -4.43. The molecule has 1 fully saturated rings. The van der Waals surface area contributed by atoms with Crippen LogP contribution in [0, 0.1) is 3.57 Å². The third-order valence-electron chi connectivity index (χ3n) is 3.58. The highest BCUT2D eigenvalue weighted by molar-refractivity contribution is 14.1. The molecule has 1 aliphatic heterocycles. The van der Waals surface area contributed by atoms with E-state index in [9.17, 15) is 18.0 Å². The molecule has 7 heteroatoms. The summed E-state index contributed by atoms with van der Waals surface area (Å²) in [6.07, 6.45) is -4.43. The fourth-order valence-corrected chi connectivity index (χ4v) is 3.00. The van der Waals surface area contributed by atoms with Crippen LogP contribution in [0.5, 0.6) is 0 Å². The third kappa shape index (κ3) is 4.09. The van der Waals surface area contributed by atoms with E-state index in [0.717, 1.165) is 31.8 Å². The summed E-state index contributed by atoms with van der Waals surface area (Å²) in [7, 11) is 0. The number of amides is 1. The van der Waals surface area contributed by atoms with Crippen LogP contribution in [0.4, 0.5) is 13.2 Å². The first-order valence-corrected chi connectivity index (χ1v) is 7.78. The molecule has 0 aromatic heterocycles. The molecule has 1 amide bonds. The molecular formula is C14H16F3IN2O. The van der Waals surface area contributed by atoms with E-state index in [0.29, 0.717) is 16.7 Å². The monoisotopic (exact) mass is 412 g/mol. The Labute approximate surface area is 135 Å². The van der Waals surface area contributed by atoms with Crippen molar-refractivity contribution in [1.29, 1.82) is 0 Å². The number of nitrogens with zero attached hydrogens (tertiary/aromatic N) is 2. The molecule has 0 saturated carbocycles. The summed E-state index contributed by atoms with van der Waals surface area (Å²) < 4.78 is 38.9. The van der Waals surface area contributed by atoms with Crippen LogP contribution in [-0.2, 0) is 6.18 Å². The zero-order valence-corrected chi connectivity index (χ0v) is 13.7. The lowest BCUT2D eigenvalue weighted by Gasteiger charge is -2.34. The maximum Gasteiger partial charge on any atom is 0.416 e. The Kier molecular flexibility index (Phi) is 5.13. The van der Waals surface area contributed by atoms with Crippen molar-refractivity contribution in [3.63, 3.8) is 0 Å². The number of likely N-dealkylation sites (N-methyl/N-ethyl adjacent to an activating group) is 1. The summed E-state index contributed by atoms with van der Waals surface area (Å²) >= 11 is 1.81. The van der Waals surface area contributed by atoms with Crippen LogP contribution in [0.2, 0.25) is 0 Å². The summed E-state index contributed by atoms with van der Waals surface area (Å²) in [5.41, 5.74) is -0.663. The molecule has 3 nitrogen and oxygen atoms in total. The highest BCUT2D eigenvalue weighted by atomic mass is 127.